The van der Waals surface area contributed by atoms with Gasteiger partial charge in [0.05, 0.1) is 12.5 Å². The van der Waals surface area contributed by atoms with Crippen LogP contribution in [0.3, 0.4) is 0 Å². The third kappa shape index (κ3) is 3.10. The normalized spacial score (nSPS) is 18.1. The van der Waals surface area contributed by atoms with E-state index in [4.69, 9.17) is 10.5 Å². The van der Waals surface area contributed by atoms with Crippen molar-refractivity contribution >= 4 is 11.6 Å². The molecule has 1 aromatic rings. The lowest BCUT2D eigenvalue weighted by Crippen LogP contribution is -2.42. The molecule has 0 spiro atoms. The fourth-order valence-electron chi connectivity index (χ4n) is 2.83. The molecule has 0 radical (unpaired) electrons. The Morgan fingerprint density at radius 3 is 2.70 bits per heavy atom. The number of ether oxygens (including phenoxy) is 1. The molecule has 20 heavy (non-hydrogen) atoms. The second-order valence-electron chi connectivity index (χ2n) is 5.41. The van der Waals surface area contributed by atoms with Gasteiger partial charge >= 0.3 is 0 Å². The third-order valence-corrected chi connectivity index (χ3v) is 4.15. The van der Waals surface area contributed by atoms with Crippen molar-refractivity contribution in [1.29, 1.82) is 0 Å². The summed E-state index contributed by atoms with van der Waals surface area (Å²) in [6.07, 6.45) is 7.86. The smallest absolute Gasteiger partial charge is 0.237 e. The molecule has 1 heterocycles. The molecule has 5 nitrogen and oxygen atoms in total. The van der Waals surface area contributed by atoms with Gasteiger partial charge in [-0.3, -0.25) is 4.79 Å². The highest BCUT2D eigenvalue weighted by Gasteiger charge is 2.37. The predicted octanol–water partition coefficient (Wildman–Crippen LogP) is 2.33. The van der Waals surface area contributed by atoms with E-state index in [1.165, 1.54) is 12.8 Å². The average Bonchev–Trinajstić information content (AvgIpc) is 2.74. The topological polar surface area (TPSA) is 77.2 Å². The van der Waals surface area contributed by atoms with Crippen LogP contribution < -0.4 is 15.8 Å². The first kappa shape index (κ1) is 14.8. The number of nitrogens with two attached hydrogens (primary N) is 1. The largest absolute Gasteiger partial charge is 0.480 e. The molecule has 0 bridgehead atoms. The quantitative estimate of drug-likeness (QED) is 0.828. The third-order valence-electron chi connectivity index (χ3n) is 4.15. The summed E-state index contributed by atoms with van der Waals surface area (Å²) < 4.78 is 5.17. The monoisotopic (exact) mass is 277 g/mol. The number of carbonyl (C=O) groups excluding carboxylic acids is 1. The SMILES string of the molecule is COc1ncccc1NC(=O)C1(CN)CCCCCC1. The van der Waals surface area contributed by atoms with E-state index >= 15 is 0 Å². The standard InChI is InChI=1S/C15H23N3O2/c1-20-13-12(7-6-10-17-13)18-14(19)15(11-16)8-4-2-3-5-9-15/h6-7,10H,2-5,8-9,11,16H2,1H3,(H,18,19). The van der Waals surface area contributed by atoms with Crippen LogP contribution in [0.2, 0.25) is 0 Å². The van der Waals surface area contributed by atoms with Gasteiger partial charge in [-0.1, -0.05) is 25.7 Å². The van der Waals surface area contributed by atoms with E-state index in [0.717, 1.165) is 25.7 Å². The fraction of sp³-hybridized carbons (Fsp3) is 0.600. The van der Waals surface area contributed by atoms with Crippen LogP contribution >= 0.6 is 0 Å². The van der Waals surface area contributed by atoms with Gasteiger partial charge in [0, 0.05) is 12.7 Å². The first-order valence-corrected chi connectivity index (χ1v) is 7.22. The van der Waals surface area contributed by atoms with Crippen molar-refractivity contribution in [3.8, 4) is 5.88 Å². The highest BCUT2D eigenvalue weighted by Crippen LogP contribution is 2.36. The molecule has 0 unspecified atom stereocenters. The van der Waals surface area contributed by atoms with E-state index in [9.17, 15) is 4.79 Å². The number of methoxy groups -OCH3 is 1. The molecule has 1 fully saturated rings. The van der Waals surface area contributed by atoms with Gasteiger partial charge in [-0.25, -0.2) is 4.98 Å². The van der Waals surface area contributed by atoms with Gasteiger partial charge in [-0.05, 0) is 25.0 Å². The first-order valence-electron chi connectivity index (χ1n) is 7.22. The average molecular weight is 277 g/mol. The summed E-state index contributed by atoms with van der Waals surface area (Å²) in [5.74, 6) is 0.426. The van der Waals surface area contributed by atoms with Gasteiger partial charge in [0.15, 0.2) is 0 Å². The molecule has 5 heteroatoms. The van der Waals surface area contributed by atoms with E-state index in [-0.39, 0.29) is 5.91 Å². The van der Waals surface area contributed by atoms with Gasteiger partial charge in [0.1, 0.15) is 5.69 Å². The minimum Gasteiger partial charge on any atom is -0.480 e. The molecule has 1 saturated carbocycles. The molecule has 0 aromatic carbocycles. The molecule has 1 aliphatic rings. The van der Waals surface area contributed by atoms with E-state index in [1.54, 1.807) is 25.4 Å². The molecule has 3 N–H and O–H groups in total. The van der Waals surface area contributed by atoms with E-state index in [1.807, 2.05) is 0 Å². The number of nitrogens with zero attached hydrogens (tertiary/aromatic N) is 1. The van der Waals surface area contributed by atoms with Crippen LogP contribution in [0.15, 0.2) is 18.3 Å². The molecule has 110 valence electrons. The number of carbonyl (C=O) groups is 1. The molecule has 0 saturated heterocycles. The van der Waals surface area contributed by atoms with E-state index < -0.39 is 5.41 Å². The molecular weight excluding hydrogens is 254 g/mol. The molecule has 2 rings (SSSR count). The first-order chi connectivity index (χ1) is 9.72. The van der Waals surface area contributed by atoms with Crippen molar-refractivity contribution in [3.63, 3.8) is 0 Å². The Morgan fingerprint density at radius 1 is 1.40 bits per heavy atom. The van der Waals surface area contributed by atoms with E-state index in [0.29, 0.717) is 18.1 Å². The summed E-state index contributed by atoms with van der Waals surface area (Å²) in [5.41, 5.74) is 6.09. The number of rotatable bonds is 4. The van der Waals surface area contributed by atoms with Crippen molar-refractivity contribution in [2.24, 2.45) is 11.1 Å². The van der Waals surface area contributed by atoms with Crippen LogP contribution in [0, 0.1) is 5.41 Å². The van der Waals surface area contributed by atoms with Gasteiger partial charge in [0.2, 0.25) is 11.8 Å². The molecule has 0 atom stereocenters. The highest BCUT2D eigenvalue weighted by molar-refractivity contribution is 5.96. The lowest BCUT2D eigenvalue weighted by atomic mass is 9.79. The molecule has 0 aliphatic heterocycles. The predicted molar refractivity (Wildman–Crippen MR) is 78.6 cm³/mol. The molecular formula is C15H23N3O2. The number of pyridine rings is 1. The van der Waals surface area contributed by atoms with Gasteiger partial charge in [-0.2, -0.15) is 0 Å². The van der Waals surface area contributed by atoms with Crippen LogP contribution in [-0.4, -0.2) is 24.5 Å². The Hall–Kier alpha value is -1.62. The van der Waals surface area contributed by atoms with Crippen LogP contribution in [0.1, 0.15) is 38.5 Å². The molecule has 1 aliphatic carbocycles. The van der Waals surface area contributed by atoms with Crippen molar-refractivity contribution in [2.75, 3.05) is 19.0 Å². The lowest BCUT2D eigenvalue weighted by molar-refractivity contribution is -0.125. The number of hydrogen-bond donors (Lipinski definition) is 2. The van der Waals surface area contributed by atoms with Crippen LogP contribution in [-0.2, 0) is 4.79 Å². The number of anilines is 1. The van der Waals surface area contributed by atoms with Crippen molar-refractivity contribution in [1.82, 2.24) is 4.98 Å². The Labute approximate surface area is 119 Å². The second-order valence-corrected chi connectivity index (χ2v) is 5.41. The maximum atomic E-state index is 12.7. The highest BCUT2D eigenvalue weighted by atomic mass is 16.5. The van der Waals surface area contributed by atoms with Crippen molar-refractivity contribution in [3.05, 3.63) is 18.3 Å². The lowest BCUT2D eigenvalue weighted by Gasteiger charge is -2.30. The summed E-state index contributed by atoms with van der Waals surface area (Å²) in [6.45, 7) is 0.390. The van der Waals surface area contributed by atoms with Crippen LogP contribution in [0.4, 0.5) is 5.69 Å². The molecule has 1 aromatic heterocycles. The zero-order valence-corrected chi connectivity index (χ0v) is 12.0. The summed E-state index contributed by atoms with van der Waals surface area (Å²) in [7, 11) is 1.54. The Bertz CT molecular complexity index is 454. The van der Waals surface area contributed by atoms with Gasteiger partial charge in [0.25, 0.3) is 0 Å². The van der Waals surface area contributed by atoms with Crippen molar-refractivity contribution < 1.29 is 9.53 Å². The van der Waals surface area contributed by atoms with E-state index in [2.05, 4.69) is 10.3 Å². The Morgan fingerprint density at radius 2 is 2.10 bits per heavy atom. The van der Waals surface area contributed by atoms with Crippen LogP contribution in [0.25, 0.3) is 0 Å². The zero-order chi connectivity index (χ0) is 14.4. The summed E-state index contributed by atoms with van der Waals surface area (Å²) >= 11 is 0. The second kappa shape index (κ2) is 6.70. The fourth-order valence-corrected chi connectivity index (χ4v) is 2.83. The minimum atomic E-state index is -0.447. The number of hydrogen-bond acceptors (Lipinski definition) is 4. The van der Waals surface area contributed by atoms with Crippen molar-refractivity contribution in [2.45, 2.75) is 38.5 Å². The molecule has 1 amide bonds. The van der Waals surface area contributed by atoms with Gasteiger partial charge < -0.3 is 15.8 Å². The Balaban J connectivity index is 2.16. The minimum absolute atomic E-state index is 0.00630. The summed E-state index contributed by atoms with van der Waals surface area (Å²) in [4.78, 5) is 16.8. The Kier molecular flexibility index (Phi) is 4.95. The number of nitrogens with one attached hydrogen (secondary N) is 1. The maximum absolute atomic E-state index is 12.7. The summed E-state index contributed by atoms with van der Waals surface area (Å²) in [6, 6.07) is 3.57. The zero-order valence-electron chi connectivity index (χ0n) is 12.0. The number of amides is 1. The number of aromatic nitrogens is 1. The van der Waals surface area contributed by atoms with Gasteiger partial charge in [-0.15, -0.1) is 0 Å². The van der Waals surface area contributed by atoms with Crippen LogP contribution in [0.5, 0.6) is 5.88 Å². The maximum Gasteiger partial charge on any atom is 0.237 e. The summed E-state index contributed by atoms with van der Waals surface area (Å²) in [5, 5.41) is 2.94.